The number of amides is 1. The molecule has 2 aliphatic heterocycles. The molecule has 4 heterocycles. The van der Waals surface area contributed by atoms with E-state index in [-0.39, 0.29) is 17.9 Å². The van der Waals surface area contributed by atoms with E-state index in [0.29, 0.717) is 5.92 Å². The highest BCUT2D eigenvalue weighted by Gasteiger charge is 2.37. The molecule has 7 heteroatoms. The fourth-order valence-corrected chi connectivity index (χ4v) is 5.25. The zero-order valence-electron chi connectivity index (χ0n) is 17.4. The Morgan fingerprint density at radius 1 is 1.21 bits per heavy atom. The number of hydrogen-bond donors (Lipinski definition) is 2. The van der Waals surface area contributed by atoms with Gasteiger partial charge in [-0.2, -0.15) is 9.61 Å². The van der Waals surface area contributed by atoms with E-state index in [1.807, 2.05) is 16.8 Å². The highest BCUT2D eigenvalue weighted by atomic mass is 16.2. The smallest absolute Gasteiger partial charge is 0.226 e. The summed E-state index contributed by atoms with van der Waals surface area (Å²) < 4.78 is 1.96. The Morgan fingerprint density at radius 3 is 2.83 bits per heavy atom. The molecule has 1 atom stereocenters. The van der Waals surface area contributed by atoms with Crippen LogP contribution < -0.4 is 15.5 Å². The lowest BCUT2D eigenvalue weighted by atomic mass is 9.84. The van der Waals surface area contributed by atoms with E-state index in [1.165, 1.54) is 43.4 Å². The molecule has 2 N–H and O–H groups in total. The average Bonchev–Trinajstić information content (AvgIpc) is 3.03. The van der Waals surface area contributed by atoms with Gasteiger partial charge >= 0.3 is 0 Å². The normalized spacial score (nSPS) is 22.0. The van der Waals surface area contributed by atoms with Crippen LogP contribution in [0.5, 0.6) is 0 Å². The molecular weight excluding hydrogens is 364 g/mol. The Hall–Kier alpha value is -2.15. The van der Waals surface area contributed by atoms with Crippen molar-refractivity contribution in [2.45, 2.75) is 57.9 Å². The van der Waals surface area contributed by atoms with E-state index < -0.39 is 0 Å². The number of carbonyl (C=O) groups excluding carboxylic acids is 1. The summed E-state index contributed by atoms with van der Waals surface area (Å²) in [6, 6.07) is 2.26. The number of fused-ring (bicyclic) bond motifs is 2. The molecule has 1 amide bonds. The second-order valence-corrected chi connectivity index (χ2v) is 9.01. The summed E-state index contributed by atoms with van der Waals surface area (Å²) in [6.45, 7) is 5.65. The van der Waals surface area contributed by atoms with E-state index in [1.54, 1.807) is 0 Å². The van der Waals surface area contributed by atoms with E-state index >= 15 is 0 Å². The Balaban J connectivity index is 1.29. The van der Waals surface area contributed by atoms with Crippen LogP contribution in [0.4, 0.5) is 5.82 Å². The molecule has 0 spiro atoms. The average molecular weight is 397 g/mol. The van der Waals surface area contributed by atoms with Crippen LogP contribution >= 0.6 is 0 Å². The Kier molecular flexibility index (Phi) is 5.16. The van der Waals surface area contributed by atoms with Gasteiger partial charge in [0.05, 0.1) is 17.8 Å². The first kappa shape index (κ1) is 18.9. The lowest BCUT2D eigenvalue weighted by Crippen LogP contribution is -2.56. The minimum Gasteiger partial charge on any atom is -0.354 e. The van der Waals surface area contributed by atoms with Crippen LogP contribution in [-0.2, 0) is 17.6 Å². The molecular formula is C22H32N6O. The summed E-state index contributed by atoms with van der Waals surface area (Å²) in [5, 5.41) is 11.3. The van der Waals surface area contributed by atoms with Crippen LogP contribution in [0.15, 0.2) is 12.3 Å². The third-order valence-corrected chi connectivity index (χ3v) is 7.06. The molecule has 1 aliphatic carbocycles. The monoisotopic (exact) mass is 396 g/mol. The van der Waals surface area contributed by atoms with Gasteiger partial charge < -0.3 is 15.5 Å². The van der Waals surface area contributed by atoms with E-state index in [0.717, 1.165) is 50.5 Å². The van der Waals surface area contributed by atoms with Gasteiger partial charge in [0.25, 0.3) is 0 Å². The van der Waals surface area contributed by atoms with Crippen molar-refractivity contribution in [2.75, 3.05) is 31.1 Å². The summed E-state index contributed by atoms with van der Waals surface area (Å²) in [7, 11) is 0. The van der Waals surface area contributed by atoms with Gasteiger partial charge in [-0.25, -0.2) is 4.98 Å². The van der Waals surface area contributed by atoms with Crippen molar-refractivity contribution in [3.8, 4) is 0 Å². The SMILES string of the molecule is C[C@@H](NC(=O)C1CN(c2c3c(nc4ccnn24)CCNCC3)C1)C1CCCCC1. The van der Waals surface area contributed by atoms with Crippen LogP contribution in [0, 0.1) is 11.8 Å². The van der Waals surface area contributed by atoms with Crippen LogP contribution in [0.3, 0.4) is 0 Å². The number of anilines is 1. The maximum Gasteiger partial charge on any atom is 0.226 e. The predicted octanol–water partition coefficient (Wildman–Crippen LogP) is 1.94. The van der Waals surface area contributed by atoms with Crippen molar-refractivity contribution in [3.05, 3.63) is 23.5 Å². The molecule has 1 saturated carbocycles. The molecule has 3 aliphatic rings. The molecule has 2 fully saturated rings. The van der Waals surface area contributed by atoms with Crippen LogP contribution in [0.25, 0.3) is 5.65 Å². The van der Waals surface area contributed by atoms with Crippen LogP contribution in [0.1, 0.15) is 50.3 Å². The van der Waals surface area contributed by atoms with Gasteiger partial charge in [0.15, 0.2) is 5.65 Å². The molecule has 0 radical (unpaired) electrons. The van der Waals surface area contributed by atoms with Gasteiger partial charge in [-0.3, -0.25) is 4.79 Å². The Morgan fingerprint density at radius 2 is 2.00 bits per heavy atom. The molecule has 7 nitrogen and oxygen atoms in total. The summed E-state index contributed by atoms with van der Waals surface area (Å²) >= 11 is 0. The van der Waals surface area contributed by atoms with Gasteiger partial charge in [0, 0.05) is 43.7 Å². The lowest BCUT2D eigenvalue weighted by Gasteiger charge is -2.41. The molecule has 1 saturated heterocycles. The van der Waals surface area contributed by atoms with Crippen LogP contribution in [-0.4, -0.2) is 52.7 Å². The standard InChI is InChI=1S/C22H32N6O/c1-15(16-5-3-2-4-6-16)25-21(29)17-13-27(14-17)22-18-7-10-23-11-8-19(18)26-20-9-12-24-28(20)22/h9,12,15-17,23H,2-8,10-11,13-14H2,1H3,(H,25,29)/t15-/m1/s1. The van der Waals surface area contributed by atoms with Crippen molar-refractivity contribution >= 4 is 17.4 Å². The van der Waals surface area contributed by atoms with E-state index in [9.17, 15) is 4.79 Å². The zero-order valence-corrected chi connectivity index (χ0v) is 17.4. The first-order valence-corrected chi connectivity index (χ1v) is 11.3. The zero-order chi connectivity index (χ0) is 19.8. The number of hydrogen-bond acceptors (Lipinski definition) is 5. The second-order valence-electron chi connectivity index (χ2n) is 9.01. The number of rotatable bonds is 4. The molecule has 2 aromatic heterocycles. The first-order chi connectivity index (χ1) is 14.2. The van der Waals surface area contributed by atoms with Gasteiger partial charge in [0.2, 0.25) is 5.91 Å². The lowest BCUT2D eigenvalue weighted by molar-refractivity contribution is -0.126. The van der Waals surface area contributed by atoms with Crippen molar-refractivity contribution in [1.29, 1.82) is 0 Å². The molecule has 0 unspecified atom stereocenters. The molecule has 2 aromatic rings. The minimum absolute atomic E-state index is 0.0689. The van der Waals surface area contributed by atoms with Crippen molar-refractivity contribution in [2.24, 2.45) is 11.8 Å². The van der Waals surface area contributed by atoms with E-state index in [2.05, 4.69) is 27.6 Å². The van der Waals surface area contributed by atoms with Crippen LogP contribution in [0.2, 0.25) is 0 Å². The summed E-state index contributed by atoms with van der Waals surface area (Å²) in [5.41, 5.74) is 3.37. The Labute approximate surface area is 172 Å². The van der Waals surface area contributed by atoms with Crippen molar-refractivity contribution in [3.63, 3.8) is 0 Å². The second kappa shape index (κ2) is 7.94. The quantitative estimate of drug-likeness (QED) is 0.826. The maximum atomic E-state index is 12.8. The highest BCUT2D eigenvalue weighted by molar-refractivity contribution is 5.82. The maximum absolute atomic E-state index is 12.8. The molecule has 0 bridgehead atoms. The van der Waals surface area contributed by atoms with Crippen molar-refractivity contribution < 1.29 is 4.79 Å². The molecule has 5 rings (SSSR count). The largest absolute Gasteiger partial charge is 0.354 e. The third-order valence-electron chi connectivity index (χ3n) is 7.06. The van der Waals surface area contributed by atoms with Gasteiger partial charge in [0.1, 0.15) is 5.82 Å². The highest BCUT2D eigenvalue weighted by Crippen LogP contribution is 2.32. The topological polar surface area (TPSA) is 74.6 Å². The van der Waals surface area contributed by atoms with Gasteiger partial charge in [-0.15, -0.1) is 0 Å². The number of nitrogens with one attached hydrogen (secondary N) is 2. The first-order valence-electron chi connectivity index (χ1n) is 11.3. The van der Waals surface area contributed by atoms with E-state index in [4.69, 9.17) is 4.98 Å². The molecule has 29 heavy (non-hydrogen) atoms. The number of nitrogens with zero attached hydrogens (tertiary/aromatic N) is 4. The van der Waals surface area contributed by atoms with Gasteiger partial charge in [-0.05, 0) is 38.6 Å². The summed E-state index contributed by atoms with van der Waals surface area (Å²) in [5.74, 6) is 2.08. The number of aromatic nitrogens is 3. The summed E-state index contributed by atoms with van der Waals surface area (Å²) in [4.78, 5) is 20.0. The fourth-order valence-electron chi connectivity index (χ4n) is 5.25. The molecule has 156 valence electrons. The fraction of sp³-hybridized carbons (Fsp3) is 0.682. The van der Waals surface area contributed by atoms with Gasteiger partial charge in [-0.1, -0.05) is 19.3 Å². The predicted molar refractivity (Wildman–Crippen MR) is 113 cm³/mol. The minimum atomic E-state index is 0.0689. The summed E-state index contributed by atoms with van der Waals surface area (Å²) in [6.07, 6.45) is 10.2. The Bertz CT molecular complexity index is 881. The molecule has 0 aromatic carbocycles. The van der Waals surface area contributed by atoms with Crippen molar-refractivity contribution in [1.82, 2.24) is 25.2 Å². The number of carbonyl (C=O) groups is 1. The third kappa shape index (κ3) is 3.61.